The lowest BCUT2D eigenvalue weighted by Crippen LogP contribution is -2.10. The zero-order valence-electron chi connectivity index (χ0n) is 8.92. The molecule has 2 nitrogen and oxygen atoms in total. The lowest BCUT2D eigenvalue weighted by Gasteiger charge is -2.16. The van der Waals surface area contributed by atoms with Gasteiger partial charge in [-0.15, -0.1) is 0 Å². The van der Waals surface area contributed by atoms with E-state index in [0.29, 0.717) is 5.92 Å². The monoisotopic (exact) mass is 209 g/mol. The molecule has 1 aromatic rings. The Hall–Kier alpha value is -1.09. The third-order valence-corrected chi connectivity index (χ3v) is 2.99. The van der Waals surface area contributed by atoms with Crippen molar-refractivity contribution in [1.29, 1.82) is 0 Å². The van der Waals surface area contributed by atoms with Gasteiger partial charge in [0, 0.05) is 18.0 Å². The van der Waals surface area contributed by atoms with Crippen LogP contribution in [0.2, 0.25) is 0 Å². The first-order chi connectivity index (χ1) is 7.36. The second-order valence-corrected chi connectivity index (χ2v) is 3.86. The molecule has 2 rings (SSSR count). The lowest BCUT2D eigenvalue weighted by atomic mass is 9.93. The fourth-order valence-electron chi connectivity index (χ4n) is 2.25. The summed E-state index contributed by atoms with van der Waals surface area (Å²) >= 11 is 0. The number of rotatable bonds is 3. The largest absolute Gasteiger partial charge is 0.496 e. The molecule has 0 aromatic heterocycles. The summed E-state index contributed by atoms with van der Waals surface area (Å²) in [4.78, 5) is 0. The molecule has 1 fully saturated rings. The van der Waals surface area contributed by atoms with Crippen LogP contribution in [-0.4, -0.2) is 20.2 Å². The van der Waals surface area contributed by atoms with E-state index in [4.69, 9.17) is 4.74 Å². The van der Waals surface area contributed by atoms with Crippen molar-refractivity contribution in [3.8, 4) is 5.75 Å². The van der Waals surface area contributed by atoms with Gasteiger partial charge in [0.2, 0.25) is 0 Å². The Balaban J connectivity index is 2.39. The summed E-state index contributed by atoms with van der Waals surface area (Å²) < 4.78 is 18.2. The van der Waals surface area contributed by atoms with Gasteiger partial charge in [0.15, 0.2) is 0 Å². The fraction of sp³-hybridized carbons (Fsp3) is 0.500. The smallest absolute Gasteiger partial charge is 0.122 e. The molecule has 82 valence electrons. The van der Waals surface area contributed by atoms with Gasteiger partial charge in [0.25, 0.3) is 0 Å². The number of methoxy groups -OCH3 is 1. The highest BCUT2D eigenvalue weighted by molar-refractivity contribution is 5.43. The first kappa shape index (κ1) is 10.4. The molecule has 1 unspecified atom stereocenters. The second-order valence-electron chi connectivity index (χ2n) is 3.86. The number of ether oxygens (including phenoxy) is 1. The summed E-state index contributed by atoms with van der Waals surface area (Å²) in [5, 5.41) is 3.30. The molecule has 0 aliphatic carbocycles. The zero-order valence-corrected chi connectivity index (χ0v) is 8.92. The summed E-state index contributed by atoms with van der Waals surface area (Å²) in [6.45, 7) is 1.52. The Morgan fingerprint density at radius 1 is 1.53 bits per heavy atom. The van der Waals surface area contributed by atoms with E-state index in [-0.39, 0.29) is 0 Å². The third kappa shape index (κ3) is 1.97. The van der Waals surface area contributed by atoms with Crippen molar-refractivity contribution in [1.82, 2.24) is 5.32 Å². The molecule has 1 aliphatic heterocycles. The van der Waals surface area contributed by atoms with E-state index in [0.717, 1.165) is 36.4 Å². The molecule has 1 atom stereocenters. The normalized spacial score (nSPS) is 20.5. The highest BCUT2D eigenvalue weighted by atomic mass is 19.1. The van der Waals surface area contributed by atoms with Crippen molar-refractivity contribution in [3.63, 3.8) is 0 Å². The van der Waals surface area contributed by atoms with Gasteiger partial charge in [0.1, 0.15) is 12.4 Å². The molecule has 0 radical (unpaired) electrons. The minimum atomic E-state index is -0.414. The number of benzene rings is 1. The highest BCUT2D eigenvalue weighted by Gasteiger charge is 2.22. The molecule has 15 heavy (non-hydrogen) atoms. The van der Waals surface area contributed by atoms with Gasteiger partial charge >= 0.3 is 0 Å². The number of alkyl halides is 1. The maximum absolute atomic E-state index is 12.9. The topological polar surface area (TPSA) is 21.3 Å². The number of hydrogen-bond acceptors (Lipinski definition) is 2. The molecule has 0 amide bonds. The van der Waals surface area contributed by atoms with E-state index < -0.39 is 6.67 Å². The van der Waals surface area contributed by atoms with E-state index in [1.165, 1.54) is 0 Å². The first-order valence-corrected chi connectivity index (χ1v) is 5.29. The summed E-state index contributed by atoms with van der Waals surface area (Å²) in [7, 11) is 1.64. The third-order valence-electron chi connectivity index (χ3n) is 2.99. The van der Waals surface area contributed by atoms with Crippen LogP contribution in [0.15, 0.2) is 18.2 Å². The molecule has 0 saturated carbocycles. The van der Waals surface area contributed by atoms with Crippen LogP contribution >= 0.6 is 0 Å². The van der Waals surface area contributed by atoms with Crippen LogP contribution in [0.25, 0.3) is 0 Å². The molecular formula is C12H16FNO. The van der Waals surface area contributed by atoms with Gasteiger partial charge in [-0.1, -0.05) is 12.1 Å². The molecular weight excluding hydrogens is 193 g/mol. The van der Waals surface area contributed by atoms with Crippen LogP contribution in [0.5, 0.6) is 5.75 Å². The van der Waals surface area contributed by atoms with E-state index in [2.05, 4.69) is 5.32 Å². The zero-order chi connectivity index (χ0) is 10.7. The van der Waals surface area contributed by atoms with Gasteiger partial charge in [-0.25, -0.2) is 4.39 Å². The van der Waals surface area contributed by atoms with Gasteiger partial charge in [-0.3, -0.25) is 0 Å². The standard InChI is InChI=1S/C12H16FNO/c1-15-11-4-2-3-9(7-13)12(11)10-5-6-14-8-10/h2-4,10,14H,5-8H2,1H3. The van der Waals surface area contributed by atoms with E-state index in [1.54, 1.807) is 7.11 Å². The maximum atomic E-state index is 12.9. The quantitative estimate of drug-likeness (QED) is 0.824. The van der Waals surface area contributed by atoms with Crippen molar-refractivity contribution in [2.24, 2.45) is 0 Å². The first-order valence-electron chi connectivity index (χ1n) is 5.29. The van der Waals surface area contributed by atoms with Crippen LogP contribution in [0.1, 0.15) is 23.5 Å². The highest BCUT2D eigenvalue weighted by Crippen LogP contribution is 2.33. The number of nitrogens with one attached hydrogen (secondary N) is 1. The van der Waals surface area contributed by atoms with Crippen molar-refractivity contribution in [2.75, 3.05) is 20.2 Å². The van der Waals surface area contributed by atoms with Gasteiger partial charge in [-0.2, -0.15) is 0 Å². The van der Waals surface area contributed by atoms with Crippen LogP contribution in [0.4, 0.5) is 4.39 Å². The van der Waals surface area contributed by atoms with Gasteiger partial charge in [-0.05, 0) is 24.6 Å². The molecule has 1 aromatic carbocycles. The average molecular weight is 209 g/mol. The Morgan fingerprint density at radius 3 is 3.00 bits per heavy atom. The predicted molar refractivity (Wildman–Crippen MR) is 58.0 cm³/mol. The van der Waals surface area contributed by atoms with E-state index in [1.807, 2.05) is 18.2 Å². The summed E-state index contributed by atoms with van der Waals surface area (Å²) in [6.07, 6.45) is 1.06. The Labute approximate surface area is 89.4 Å². The number of halogens is 1. The molecule has 1 heterocycles. The summed E-state index contributed by atoms with van der Waals surface area (Å²) in [5.74, 6) is 1.21. The van der Waals surface area contributed by atoms with Crippen molar-refractivity contribution in [2.45, 2.75) is 19.0 Å². The van der Waals surface area contributed by atoms with E-state index >= 15 is 0 Å². The molecule has 1 N–H and O–H groups in total. The predicted octanol–water partition coefficient (Wildman–Crippen LogP) is 2.24. The van der Waals surface area contributed by atoms with Crippen LogP contribution in [-0.2, 0) is 6.67 Å². The van der Waals surface area contributed by atoms with Crippen LogP contribution in [0.3, 0.4) is 0 Å². The lowest BCUT2D eigenvalue weighted by molar-refractivity contribution is 0.401. The number of hydrogen-bond donors (Lipinski definition) is 1. The minimum Gasteiger partial charge on any atom is -0.496 e. The Kier molecular flexibility index (Phi) is 3.21. The second kappa shape index (κ2) is 4.62. The van der Waals surface area contributed by atoms with E-state index in [9.17, 15) is 4.39 Å². The Morgan fingerprint density at radius 2 is 2.40 bits per heavy atom. The van der Waals surface area contributed by atoms with Crippen LogP contribution < -0.4 is 10.1 Å². The summed E-state index contributed by atoms with van der Waals surface area (Å²) in [6, 6.07) is 5.60. The molecule has 1 aliphatic rings. The summed E-state index contributed by atoms with van der Waals surface area (Å²) in [5.41, 5.74) is 1.82. The molecule has 3 heteroatoms. The molecule has 0 spiro atoms. The molecule has 0 bridgehead atoms. The molecule has 1 saturated heterocycles. The SMILES string of the molecule is COc1cccc(CF)c1C1CCNC1. The minimum absolute atomic E-state index is 0.395. The average Bonchev–Trinajstić information content (AvgIpc) is 2.81. The van der Waals surface area contributed by atoms with Crippen molar-refractivity contribution < 1.29 is 9.13 Å². The van der Waals surface area contributed by atoms with Gasteiger partial charge < -0.3 is 10.1 Å². The maximum Gasteiger partial charge on any atom is 0.122 e. The van der Waals surface area contributed by atoms with Crippen molar-refractivity contribution >= 4 is 0 Å². The van der Waals surface area contributed by atoms with Crippen LogP contribution in [0, 0.1) is 0 Å². The Bertz CT molecular complexity index is 312. The fourth-order valence-corrected chi connectivity index (χ4v) is 2.25. The van der Waals surface area contributed by atoms with Gasteiger partial charge in [0.05, 0.1) is 7.11 Å². The van der Waals surface area contributed by atoms with Crippen molar-refractivity contribution in [3.05, 3.63) is 29.3 Å².